The minimum atomic E-state index is 0.581. The molecule has 0 spiro atoms. The molecule has 5 heteroatoms. The third-order valence-corrected chi connectivity index (χ3v) is 8.44. The van der Waals surface area contributed by atoms with Crippen molar-refractivity contribution in [1.29, 1.82) is 0 Å². The van der Waals surface area contributed by atoms with Crippen LogP contribution >= 0.6 is 0 Å². The number of fused-ring (bicyclic) bond motifs is 4. The van der Waals surface area contributed by atoms with E-state index in [-0.39, 0.29) is 0 Å². The summed E-state index contributed by atoms with van der Waals surface area (Å²) in [7, 11) is 0. The molecule has 0 atom stereocenters. The molecule has 0 saturated carbocycles. The number of rotatable bonds is 5. The Hall–Kier alpha value is -6.33. The van der Waals surface area contributed by atoms with Crippen molar-refractivity contribution in [1.82, 2.24) is 19.5 Å². The number of para-hydroxylation sites is 4. The highest BCUT2D eigenvalue weighted by atomic mass is 16.3. The monoisotopic (exact) mass is 590 g/mol. The summed E-state index contributed by atoms with van der Waals surface area (Å²) in [5.74, 6) is 1.52. The second-order valence-electron chi connectivity index (χ2n) is 11.3. The van der Waals surface area contributed by atoms with Crippen molar-refractivity contribution in [3.05, 3.63) is 158 Å². The zero-order chi connectivity index (χ0) is 30.5. The highest BCUT2D eigenvalue weighted by Gasteiger charge is 2.19. The van der Waals surface area contributed by atoms with Crippen molar-refractivity contribution in [2.45, 2.75) is 0 Å². The Morgan fingerprint density at radius 1 is 0.478 bits per heavy atom. The fourth-order valence-electron chi connectivity index (χ4n) is 6.29. The van der Waals surface area contributed by atoms with E-state index in [9.17, 15) is 0 Å². The summed E-state index contributed by atoms with van der Waals surface area (Å²) in [6, 6.07) is 53.9. The van der Waals surface area contributed by atoms with E-state index in [4.69, 9.17) is 19.4 Å². The number of hydrogen-bond donors (Lipinski definition) is 0. The summed E-state index contributed by atoms with van der Waals surface area (Å²) in [4.78, 5) is 15.2. The summed E-state index contributed by atoms with van der Waals surface area (Å²) in [6.45, 7) is 0. The van der Waals surface area contributed by atoms with E-state index in [1.807, 2.05) is 48.5 Å². The van der Waals surface area contributed by atoms with Crippen molar-refractivity contribution in [2.75, 3.05) is 0 Å². The minimum absolute atomic E-state index is 0.581. The predicted octanol–water partition coefficient (Wildman–Crippen LogP) is 10.4. The molecule has 9 aromatic rings. The molecular formula is C41H26N4O. The Morgan fingerprint density at radius 2 is 1.11 bits per heavy atom. The fourth-order valence-corrected chi connectivity index (χ4v) is 6.29. The van der Waals surface area contributed by atoms with Crippen LogP contribution in [0.1, 0.15) is 0 Å². The van der Waals surface area contributed by atoms with Gasteiger partial charge in [-0.2, -0.15) is 4.98 Å². The van der Waals surface area contributed by atoms with Crippen LogP contribution in [0.4, 0.5) is 0 Å². The molecule has 0 aliphatic heterocycles. The zero-order valence-corrected chi connectivity index (χ0v) is 24.7. The summed E-state index contributed by atoms with van der Waals surface area (Å²) in [6.07, 6.45) is 0. The number of aromatic nitrogens is 4. The van der Waals surface area contributed by atoms with Gasteiger partial charge in [0, 0.05) is 27.8 Å². The average Bonchev–Trinajstić information content (AvgIpc) is 3.71. The molecule has 3 aromatic heterocycles. The van der Waals surface area contributed by atoms with Crippen LogP contribution in [0.2, 0.25) is 0 Å². The first-order valence-electron chi connectivity index (χ1n) is 15.3. The van der Waals surface area contributed by atoms with Gasteiger partial charge in [0.2, 0.25) is 5.71 Å². The highest BCUT2D eigenvalue weighted by Crippen LogP contribution is 2.37. The lowest BCUT2D eigenvalue weighted by Crippen LogP contribution is -1.97. The van der Waals surface area contributed by atoms with E-state index in [2.05, 4.69) is 114 Å². The number of furan rings is 1. The van der Waals surface area contributed by atoms with Crippen LogP contribution in [0.25, 0.3) is 83.9 Å². The van der Waals surface area contributed by atoms with Gasteiger partial charge in [-0.25, -0.2) is 9.97 Å². The van der Waals surface area contributed by atoms with Crippen molar-refractivity contribution >= 4 is 33.1 Å². The molecule has 5 nitrogen and oxygen atoms in total. The second kappa shape index (κ2) is 10.7. The van der Waals surface area contributed by atoms with Gasteiger partial charge in [-0.3, -0.25) is 4.57 Å². The predicted molar refractivity (Wildman–Crippen MR) is 186 cm³/mol. The Kier molecular flexibility index (Phi) is 6.06. The first kappa shape index (κ1) is 26.1. The van der Waals surface area contributed by atoms with Gasteiger partial charge in [0.05, 0.1) is 22.1 Å². The third kappa shape index (κ3) is 4.37. The lowest BCUT2D eigenvalue weighted by Gasteiger charge is -2.11. The summed E-state index contributed by atoms with van der Waals surface area (Å²) in [5.41, 5.74) is 10.5. The van der Waals surface area contributed by atoms with Crippen molar-refractivity contribution in [3.8, 4) is 50.8 Å². The van der Waals surface area contributed by atoms with Crippen molar-refractivity contribution in [2.24, 2.45) is 0 Å². The van der Waals surface area contributed by atoms with E-state index in [1.54, 1.807) is 0 Å². The fraction of sp³-hybridized carbons (Fsp3) is 0. The molecular weight excluding hydrogens is 564 g/mol. The normalized spacial score (nSPS) is 11.5. The van der Waals surface area contributed by atoms with E-state index in [0.717, 1.165) is 72.4 Å². The zero-order valence-electron chi connectivity index (χ0n) is 24.7. The quantitative estimate of drug-likeness (QED) is 0.200. The van der Waals surface area contributed by atoms with Gasteiger partial charge in [0.15, 0.2) is 5.82 Å². The Morgan fingerprint density at radius 3 is 1.93 bits per heavy atom. The number of imidazole rings is 1. The Balaban J connectivity index is 1.18. The Bertz CT molecular complexity index is 2530. The van der Waals surface area contributed by atoms with E-state index >= 15 is 0 Å². The first-order chi connectivity index (χ1) is 22.8. The van der Waals surface area contributed by atoms with Gasteiger partial charge in [0.25, 0.3) is 0 Å². The van der Waals surface area contributed by atoms with Crippen LogP contribution in [0.15, 0.2) is 162 Å². The van der Waals surface area contributed by atoms with E-state index in [0.29, 0.717) is 11.5 Å². The minimum Gasteiger partial charge on any atom is -0.438 e. The van der Waals surface area contributed by atoms with Crippen LogP contribution in [0, 0.1) is 0 Å². The molecule has 0 aliphatic carbocycles. The lowest BCUT2D eigenvalue weighted by atomic mass is 10.00. The molecule has 0 aliphatic rings. The molecule has 0 amide bonds. The topological polar surface area (TPSA) is 56.7 Å². The molecule has 9 rings (SSSR count). The van der Waals surface area contributed by atoms with E-state index in [1.165, 1.54) is 0 Å². The maximum atomic E-state index is 6.27. The average molecular weight is 591 g/mol. The molecule has 3 heterocycles. The van der Waals surface area contributed by atoms with E-state index < -0.39 is 0 Å². The summed E-state index contributed by atoms with van der Waals surface area (Å²) < 4.78 is 8.50. The van der Waals surface area contributed by atoms with Crippen molar-refractivity contribution in [3.63, 3.8) is 0 Å². The molecule has 0 radical (unpaired) electrons. The molecule has 0 bridgehead atoms. The van der Waals surface area contributed by atoms with Crippen LogP contribution in [0.5, 0.6) is 0 Å². The Labute approximate surface area is 265 Å². The van der Waals surface area contributed by atoms with Crippen molar-refractivity contribution < 1.29 is 4.42 Å². The van der Waals surface area contributed by atoms with Crippen LogP contribution in [0.3, 0.4) is 0 Å². The van der Waals surface area contributed by atoms with Crippen LogP contribution in [-0.2, 0) is 0 Å². The first-order valence-corrected chi connectivity index (χ1v) is 15.3. The molecule has 0 fully saturated rings. The van der Waals surface area contributed by atoms with Gasteiger partial charge >= 0.3 is 0 Å². The SMILES string of the molecule is c1ccc(-c2nc(-c3cccc(-c4cccc(-c5nc6ccccc6n5-c5ccccc5)c4)c3)nc3oc4ccccc4c23)cc1. The van der Waals surface area contributed by atoms with Crippen LogP contribution < -0.4 is 0 Å². The second-order valence-corrected chi connectivity index (χ2v) is 11.3. The van der Waals surface area contributed by atoms with Gasteiger partial charge in [0.1, 0.15) is 11.4 Å². The summed E-state index contributed by atoms with van der Waals surface area (Å²) >= 11 is 0. The third-order valence-electron chi connectivity index (χ3n) is 8.44. The number of hydrogen-bond acceptors (Lipinski definition) is 4. The number of nitrogens with zero attached hydrogens (tertiary/aromatic N) is 4. The van der Waals surface area contributed by atoms with Gasteiger partial charge in [-0.15, -0.1) is 0 Å². The molecule has 216 valence electrons. The van der Waals surface area contributed by atoms with Gasteiger partial charge in [-0.1, -0.05) is 115 Å². The largest absolute Gasteiger partial charge is 0.438 e. The molecule has 0 saturated heterocycles. The van der Waals surface area contributed by atoms with Gasteiger partial charge < -0.3 is 4.42 Å². The number of benzene rings is 6. The van der Waals surface area contributed by atoms with Gasteiger partial charge in [-0.05, 0) is 53.6 Å². The molecule has 46 heavy (non-hydrogen) atoms. The molecule has 6 aromatic carbocycles. The maximum absolute atomic E-state index is 6.27. The molecule has 0 N–H and O–H groups in total. The smallest absolute Gasteiger partial charge is 0.231 e. The van der Waals surface area contributed by atoms with Crippen LogP contribution in [-0.4, -0.2) is 19.5 Å². The standard InChI is InChI=1S/C41H26N4O/c1-3-13-27(14-4-1)38-37-33-21-7-10-24-36(33)46-41(37)44-39(43-38)30-17-11-15-28(25-30)29-16-12-18-31(26-29)40-42-34-22-8-9-23-35(34)45(40)32-19-5-2-6-20-32/h1-26H. The maximum Gasteiger partial charge on any atom is 0.231 e. The molecule has 0 unspecified atom stereocenters. The lowest BCUT2D eigenvalue weighted by molar-refractivity contribution is 0.653. The highest BCUT2D eigenvalue weighted by molar-refractivity contribution is 6.10. The summed E-state index contributed by atoms with van der Waals surface area (Å²) in [5, 5.41) is 1.94.